The summed E-state index contributed by atoms with van der Waals surface area (Å²) >= 11 is 0. The molecule has 19 heavy (non-hydrogen) atoms. The third-order valence-electron chi connectivity index (χ3n) is 2.86. The normalized spacial score (nSPS) is 24.2. The minimum absolute atomic E-state index is 0.0236. The Kier molecular flexibility index (Phi) is 5.60. The summed E-state index contributed by atoms with van der Waals surface area (Å²) in [6.45, 7) is 6.01. The van der Waals surface area contributed by atoms with Crippen molar-refractivity contribution in [3.05, 3.63) is 0 Å². The van der Waals surface area contributed by atoms with Gasteiger partial charge in [-0.05, 0) is 40.0 Å². The zero-order valence-corrected chi connectivity index (χ0v) is 12.1. The maximum atomic E-state index is 11.7. The van der Waals surface area contributed by atoms with Gasteiger partial charge in [-0.15, -0.1) is 0 Å². The first kappa shape index (κ1) is 15.8. The molecule has 0 aromatic heterocycles. The van der Waals surface area contributed by atoms with Crippen molar-refractivity contribution in [3.8, 4) is 0 Å². The molecule has 1 aliphatic rings. The topological polar surface area (TPSA) is 76.7 Å². The van der Waals surface area contributed by atoms with Crippen LogP contribution in [-0.4, -0.2) is 43.4 Å². The van der Waals surface area contributed by atoms with E-state index in [0.717, 1.165) is 19.3 Å². The van der Waals surface area contributed by atoms with Crippen molar-refractivity contribution in [3.63, 3.8) is 0 Å². The minimum atomic E-state index is -0.503. The number of nitrogens with one attached hydrogen (secondary N) is 2. The van der Waals surface area contributed by atoms with Crippen LogP contribution in [-0.2, 0) is 14.3 Å². The molecule has 1 aliphatic heterocycles. The Morgan fingerprint density at radius 1 is 1.26 bits per heavy atom. The molecule has 6 nitrogen and oxygen atoms in total. The Bertz CT molecular complexity index is 325. The number of rotatable bonds is 2. The highest BCUT2D eigenvalue weighted by atomic mass is 16.6. The zero-order valence-electron chi connectivity index (χ0n) is 12.1. The molecule has 1 amide bonds. The number of hydrogen-bond acceptors (Lipinski definition) is 5. The average Bonchev–Trinajstić information content (AvgIpc) is 2.51. The van der Waals surface area contributed by atoms with Gasteiger partial charge in [-0.1, -0.05) is 0 Å². The lowest BCUT2D eigenvalue weighted by molar-refractivity contribution is -0.143. The summed E-state index contributed by atoms with van der Waals surface area (Å²) in [6, 6.07) is -0.306. The van der Waals surface area contributed by atoms with Gasteiger partial charge in [0.05, 0.1) is 7.11 Å². The van der Waals surface area contributed by atoms with Gasteiger partial charge >= 0.3 is 12.1 Å². The summed E-state index contributed by atoms with van der Waals surface area (Å²) in [5.41, 5.74) is -0.503. The molecule has 0 radical (unpaired) electrons. The summed E-state index contributed by atoms with van der Waals surface area (Å²) in [7, 11) is 1.38. The van der Waals surface area contributed by atoms with E-state index < -0.39 is 11.7 Å². The lowest BCUT2D eigenvalue weighted by Crippen LogP contribution is -2.46. The minimum Gasteiger partial charge on any atom is -0.468 e. The maximum absolute atomic E-state index is 11.7. The zero-order chi connectivity index (χ0) is 14.5. The van der Waals surface area contributed by atoms with E-state index >= 15 is 0 Å². The van der Waals surface area contributed by atoms with Crippen LogP contribution in [0.15, 0.2) is 0 Å². The highest BCUT2D eigenvalue weighted by Gasteiger charge is 2.26. The second-order valence-electron chi connectivity index (χ2n) is 5.76. The van der Waals surface area contributed by atoms with Gasteiger partial charge in [0.25, 0.3) is 0 Å². The molecule has 0 aromatic carbocycles. The highest BCUT2D eigenvalue weighted by Crippen LogP contribution is 2.12. The van der Waals surface area contributed by atoms with Gasteiger partial charge in [-0.3, -0.25) is 4.79 Å². The molecule has 1 heterocycles. The van der Waals surface area contributed by atoms with Crippen molar-refractivity contribution < 1.29 is 19.1 Å². The predicted molar refractivity (Wildman–Crippen MR) is 70.8 cm³/mol. The number of ether oxygens (including phenoxy) is 2. The molecule has 2 unspecified atom stereocenters. The van der Waals surface area contributed by atoms with Gasteiger partial charge in [0, 0.05) is 12.6 Å². The van der Waals surface area contributed by atoms with E-state index in [9.17, 15) is 9.59 Å². The number of carbonyl (C=O) groups is 2. The van der Waals surface area contributed by atoms with Crippen LogP contribution in [0.5, 0.6) is 0 Å². The van der Waals surface area contributed by atoms with Crippen molar-refractivity contribution in [1.29, 1.82) is 0 Å². The molecule has 2 N–H and O–H groups in total. The standard InChI is InChI=1S/C13H24N2O4/c1-13(2,3)19-12(17)15-9-6-5-7-10(14-8-9)11(16)18-4/h9-10,14H,5-8H2,1-4H3,(H,15,17). The van der Waals surface area contributed by atoms with Crippen molar-refractivity contribution >= 4 is 12.1 Å². The molecular formula is C13H24N2O4. The number of carbonyl (C=O) groups excluding carboxylic acids is 2. The van der Waals surface area contributed by atoms with Crippen LogP contribution in [0.2, 0.25) is 0 Å². The Balaban J connectivity index is 2.41. The molecule has 0 spiro atoms. The van der Waals surface area contributed by atoms with Crippen LogP contribution in [0, 0.1) is 0 Å². The lowest BCUT2D eigenvalue weighted by atomic mass is 10.1. The van der Waals surface area contributed by atoms with Crippen molar-refractivity contribution in [2.75, 3.05) is 13.7 Å². The van der Waals surface area contributed by atoms with E-state index in [1.54, 1.807) is 0 Å². The van der Waals surface area contributed by atoms with E-state index in [4.69, 9.17) is 9.47 Å². The number of methoxy groups -OCH3 is 1. The van der Waals surface area contributed by atoms with Gasteiger partial charge in [0.2, 0.25) is 0 Å². The van der Waals surface area contributed by atoms with Gasteiger partial charge < -0.3 is 20.1 Å². The van der Waals surface area contributed by atoms with E-state index in [1.165, 1.54) is 7.11 Å². The summed E-state index contributed by atoms with van der Waals surface area (Å²) in [5, 5.41) is 5.92. The third-order valence-corrected chi connectivity index (χ3v) is 2.86. The Hall–Kier alpha value is -1.30. The number of amides is 1. The Labute approximate surface area is 114 Å². The first-order valence-electron chi connectivity index (χ1n) is 6.62. The van der Waals surface area contributed by atoms with Gasteiger partial charge in [-0.25, -0.2) is 4.79 Å². The molecule has 1 saturated heterocycles. The molecule has 1 rings (SSSR count). The summed E-state index contributed by atoms with van der Waals surface area (Å²) in [6.07, 6.45) is 1.97. The molecule has 110 valence electrons. The van der Waals surface area contributed by atoms with Gasteiger partial charge in [-0.2, -0.15) is 0 Å². The lowest BCUT2D eigenvalue weighted by Gasteiger charge is -2.23. The predicted octanol–water partition coefficient (Wildman–Crippen LogP) is 1.19. The van der Waals surface area contributed by atoms with Crippen LogP contribution in [0.25, 0.3) is 0 Å². The maximum Gasteiger partial charge on any atom is 0.407 e. The number of hydrogen-bond donors (Lipinski definition) is 2. The van der Waals surface area contributed by atoms with Crippen molar-refractivity contribution in [1.82, 2.24) is 10.6 Å². The van der Waals surface area contributed by atoms with Gasteiger partial charge in [0.15, 0.2) is 0 Å². The quantitative estimate of drug-likeness (QED) is 0.739. The van der Waals surface area contributed by atoms with Crippen LogP contribution in [0.3, 0.4) is 0 Å². The molecule has 0 bridgehead atoms. The van der Waals surface area contributed by atoms with Crippen LogP contribution >= 0.6 is 0 Å². The molecule has 1 fully saturated rings. The summed E-state index contributed by atoms with van der Waals surface area (Å²) < 4.78 is 9.92. The molecule has 0 aromatic rings. The Morgan fingerprint density at radius 2 is 1.95 bits per heavy atom. The molecule has 0 aliphatic carbocycles. The summed E-state index contributed by atoms with van der Waals surface area (Å²) in [5.74, 6) is -0.252. The number of esters is 1. The van der Waals surface area contributed by atoms with Gasteiger partial charge in [0.1, 0.15) is 11.6 Å². The van der Waals surface area contributed by atoms with E-state index in [-0.39, 0.29) is 18.1 Å². The largest absolute Gasteiger partial charge is 0.468 e. The van der Waals surface area contributed by atoms with E-state index in [1.807, 2.05) is 20.8 Å². The molecular weight excluding hydrogens is 248 g/mol. The van der Waals surface area contributed by atoms with Crippen LogP contribution in [0.4, 0.5) is 4.79 Å². The second-order valence-corrected chi connectivity index (χ2v) is 5.76. The van der Waals surface area contributed by atoms with Crippen LogP contribution in [0.1, 0.15) is 40.0 Å². The number of alkyl carbamates (subject to hydrolysis) is 1. The molecule has 6 heteroatoms. The smallest absolute Gasteiger partial charge is 0.407 e. The van der Waals surface area contributed by atoms with Crippen LogP contribution < -0.4 is 10.6 Å². The SMILES string of the molecule is COC(=O)C1CCCC(NC(=O)OC(C)(C)C)CN1. The third kappa shape index (κ3) is 5.92. The second kappa shape index (κ2) is 6.75. The summed E-state index contributed by atoms with van der Waals surface area (Å²) in [4.78, 5) is 23.1. The first-order chi connectivity index (χ1) is 8.81. The fourth-order valence-corrected chi connectivity index (χ4v) is 2.00. The molecule has 0 saturated carbocycles. The van der Waals surface area contributed by atoms with E-state index in [0.29, 0.717) is 6.54 Å². The van der Waals surface area contributed by atoms with E-state index in [2.05, 4.69) is 10.6 Å². The molecule has 2 atom stereocenters. The average molecular weight is 272 g/mol. The highest BCUT2D eigenvalue weighted by molar-refractivity contribution is 5.75. The fourth-order valence-electron chi connectivity index (χ4n) is 2.00. The monoisotopic (exact) mass is 272 g/mol. The van der Waals surface area contributed by atoms with Crippen molar-refractivity contribution in [2.45, 2.75) is 57.7 Å². The Morgan fingerprint density at radius 3 is 2.53 bits per heavy atom. The van der Waals surface area contributed by atoms with Crippen molar-refractivity contribution in [2.24, 2.45) is 0 Å². The fraction of sp³-hybridized carbons (Fsp3) is 0.846. The first-order valence-corrected chi connectivity index (χ1v) is 6.62.